The number of hydrogen-bond acceptors (Lipinski definition) is 3. The van der Waals surface area contributed by atoms with E-state index in [4.69, 9.17) is 5.26 Å². The highest BCUT2D eigenvalue weighted by Crippen LogP contribution is 2.34. The Kier molecular flexibility index (Phi) is 4.39. The third kappa shape index (κ3) is 3.18. The second kappa shape index (κ2) is 6.34. The molecule has 0 radical (unpaired) electrons. The Morgan fingerprint density at radius 2 is 2.00 bits per heavy atom. The van der Waals surface area contributed by atoms with Crippen LogP contribution in [0.4, 0.5) is 18.9 Å². The molecule has 2 aliphatic heterocycles. The Labute approximate surface area is 138 Å². The van der Waals surface area contributed by atoms with Crippen molar-refractivity contribution in [2.45, 2.75) is 37.9 Å². The van der Waals surface area contributed by atoms with Crippen LogP contribution in [0, 0.1) is 11.3 Å². The molecule has 0 aliphatic carbocycles. The van der Waals surface area contributed by atoms with Crippen molar-refractivity contribution < 1.29 is 18.0 Å². The van der Waals surface area contributed by atoms with Gasteiger partial charge in [0.05, 0.1) is 17.2 Å². The van der Waals surface area contributed by atoms with Gasteiger partial charge in [0, 0.05) is 37.8 Å². The summed E-state index contributed by atoms with van der Waals surface area (Å²) in [4.78, 5) is 15.8. The molecule has 1 aromatic rings. The number of amides is 1. The number of nitrogens with zero attached hydrogens (tertiary/aromatic N) is 3. The predicted octanol–water partition coefficient (Wildman–Crippen LogP) is 3.17. The number of likely N-dealkylation sites (tertiary alicyclic amines) is 1. The fraction of sp³-hybridized carbons (Fsp3) is 0.529. The van der Waals surface area contributed by atoms with Gasteiger partial charge in [-0.1, -0.05) is 0 Å². The topological polar surface area (TPSA) is 47.3 Å². The van der Waals surface area contributed by atoms with Crippen LogP contribution in [0.15, 0.2) is 18.2 Å². The summed E-state index contributed by atoms with van der Waals surface area (Å²) in [6, 6.07) is 5.43. The summed E-state index contributed by atoms with van der Waals surface area (Å²) in [5.41, 5.74) is -0.660. The van der Waals surface area contributed by atoms with Crippen molar-refractivity contribution in [3.8, 4) is 6.07 Å². The largest absolute Gasteiger partial charge is 0.417 e. The van der Waals surface area contributed by atoms with Crippen molar-refractivity contribution in [2.24, 2.45) is 0 Å². The Hall–Kier alpha value is -2.23. The van der Waals surface area contributed by atoms with E-state index in [2.05, 4.69) is 0 Å². The average molecular weight is 337 g/mol. The summed E-state index contributed by atoms with van der Waals surface area (Å²) in [5, 5.41) is 9.04. The van der Waals surface area contributed by atoms with Gasteiger partial charge in [0.25, 0.3) is 0 Å². The number of piperidine rings is 1. The van der Waals surface area contributed by atoms with Crippen LogP contribution < -0.4 is 4.90 Å². The predicted molar refractivity (Wildman–Crippen MR) is 82.3 cm³/mol. The monoisotopic (exact) mass is 337 g/mol. The third-order valence-electron chi connectivity index (χ3n) is 4.74. The first kappa shape index (κ1) is 16.6. The van der Waals surface area contributed by atoms with Gasteiger partial charge in [-0.25, -0.2) is 0 Å². The first-order valence-corrected chi connectivity index (χ1v) is 8.06. The maximum absolute atomic E-state index is 12.9. The van der Waals surface area contributed by atoms with E-state index < -0.39 is 11.7 Å². The highest BCUT2D eigenvalue weighted by Gasteiger charge is 2.35. The molecular weight excluding hydrogens is 319 g/mol. The molecule has 2 aliphatic rings. The zero-order valence-electron chi connectivity index (χ0n) is 13.1. The Balaban J connectivity index is 1.81. The molecule has 0 N–H and O–H groups in total. The fourth-order valence-corrected chi connectivity index (χ4v) is 3.57. The van der Waals surface area contributed by atoms with E-state index >= 15 is 0 Å². The van der Waals surface area contributed by atoms with Gasteiger partial charge in [0.15, 0.2) is 0 Å². The van der Waals surface area contributed by atoms with Gasteiger partial charge >= 0.3 is 6.18 Å². The smallest absolute Gasteiger partial charge is 0.369 e. The first-order valence-electron chi connectivity index (χ1n) is 8.06. The molecule has 0 saturated carbocycles. The minimum Gasteiger partial charge on any atom is -0.369 e. The number of halogens is 3. The summed E-state index contributed by atoms with van der Waals surface area (Å²) >= 11 is 0. The lowest BCUT2D eigenvalue weighted by Crippen LogP contribution is -2.48. The van der Waals surface area contributed by atoms with Gasteiger partial charge in [0.2, 0.25) is 5.91 Å². The van der Waals surface area contributed by atoms with Crippen molar-refractivity contribution in [3.63, 3.8) is 0 Å². The van der Waals surface area contributed by atoms with Crippen LogP contribution in [0.1, 0.15) is 36.8 Å². The maximum atomic E-state index is 12.9. The number of carbonyl (C=O) groups is 1. The molecule has 24 heavy (non-hydrogen) atoms. The van der Waals surface area contributed by atoms with Gasteiger partial charge in [-0.3, -0.25) is 4.79 Å². The third-order valence-corrected chi connectivity index (χ3v) is 4.74. The van der Waals surface area contributed by atoms with Crippen LogP contribution in [0.3, 0.4) is 0 Å². The van der Waals surface area contributed by atoms with Crippen molar-refractivity contribution >= 4 is 11.6 Å². The molecule has 4 nitrogen and oxygen atoms in total. The molecular formula is C17H18F3N3O. The molecule has 1 atom stereocenters. The van der Waals surface area contributed by atoms with Crippen LogP contribution in [-0.2, 0) is 11.0 Å². The lowest BCUT2D eigenvalue weighted by molar-refractivity contribution is -0.137. The molecule has 3 rings (SSSR count). The molecule has 0 unspecified atom stereocenters. The molecule has 0 aromatic heterocycles. The summed E-state index contributed by atoms with van der Waals surface area (Å²) in [6.07, 6.45) is -1.30. The van der Waals surface area contributed by atoms with Crippen molar-refractivity contribution in [1.29, 1.82) is 5.26 Å². The SMILES string of the molecule is N#Cc1cc(N2CCC[C@H](N3CCCC3=O)C2)ccc1C(F)(F)F. The van der Waals surface area contributed by atoms with Gasteiger partial charge in [0.1, 0.15) is 0 Å². The second-order valence-corrected chi connectivity index (χ2v) is 6.27. The van der Waals surface area contributed by atoms with E-state index in [9.17, 15) is 18.0 Å². The quantitative estimate of drug-likeness (QED) is 0.833. The number of carbonyl (C=O) groups excluding carboxylic acids is 1. The first-order chi connectivity index (χ1) is 11.4. The normalized spacial score (nSPS) is 21.9. The minimum atomic E-state index is -4.53. The highest BCUT2D eigenvalue weighted by molar-refractivity contribution is 5.78. The molecule has 0 bridgehead atoms. The van der Waals surface area contributed by atoms with E-state index in [1.165, 1.54) is 12.1 Å². The van der Waals surface area contributed by atoms with Gasteiger partial charge in [-0.05, 0) is 37.5 Å². The Morgan fingerprint density at radius 3 is 2.62 bits per heavy atom. The molecule has 2 heterocycles. The average Bonchev–Trinajstić information content (AvgIpc) is 2.99. The number of nitriles is 1. The number of benzene rings is 1. The van der Waals surface area contributed by atoms with Gasteiger partial charge in [-0.15, -0.1) is 0 Å². The molecule has 2 fully saturated rings. The van der Waals surface area contributed by atoms with Crippen molar-refractivity contribution in [3.05, 3.63) is 29.3 Å². The zero-order chi connectivity index (χ0) is 17.3. The number of hydrogen-bond donors (Lipinski definition) is 0. The summed E-state index contributed by atoms with van der Waals surface area (Å²) in [5.74, 6) is 0.159. The Morgan fingerprint density at radius 1 is 1.21 bits per heavy atom. The summed E-state index contributed by atoms with van der Waals surface area (Å²) < 4.78 is 38.7. The lowest BCUT2D eigenvalue weighted by atomic mass is 10.0. The zero-order valence-corrected chi connectivity index (χ0v) is 13.1. The summed E-state index contributed by atoms with van der Waals surface area (Å²) in [7, 11) is 0. The van der Waals surface area contributed by atoms with Crippen LogP contribution in [0.25, 0.3) is 0 Å². The second-order valence-electron chi connectivity index (χ2n) is 6.27. The number of anilines is 1. The molecule has 7 heteroatoms. The molecule has 1 amide bonds. The number of rotatable bonds is 2. The molecule has 2 saturated heterocycles. The van der Waals surface area contributed by atoms with Crippen molar-refractivity contribution in [1.82, 2.24) is 4.90 Å². The summed E-state index contributed by atoms with van der Waals surface area (Å²) in [6.45, 7) is 2.07. The van der Waals surface area contributed by atoms with E-state index in [0.717, 1.165) is 38.4 Å². The van der Waals surface area contributed by atoms with Gasteiger partial charge in [-0.2, -0.15) is 18.4 Å². The van der Waals surface area contributed by atoms with E-state index in [1.807, 2.05) is 9.80 Å². The van der Waals surface area contributed by atoms with Crippen LogP contribution in [-0.4, -0.2) is 36.5 Å². The maximum Gasteiger partial charge on any atom is 0.417 e. The Bertz CT molecular complexity index is 681. The lowest BCUT2D eigenvalue weighted by Gasteiger charge is -2.39. The highest BCUT2D eigenvalue weighted by atomic mass is 19.4. The van der Waals surface area contributed by atoms with Gasteiger partial charge < -0.3 is 9.80 Å². The van der Waals surface area contributed by atoms with Crippen LogP contribution in [0.5, 0.6) is 0 Å². The van der Waals surface area contributed by atoms with Crippen LogP contribution in [0.2, 0.25) is 0 Å². The van der Waals surface area contributed by atoms with Crippen LogP contribution >= 0.6 is 0 Å². The molecule has 1 aromatic carbocycles. The fourth-order valence-electron chi connectivity index (χ4n) is 3.57. The number of alkyl halides is 3. The van der Waals surface area contributed by atoms with E-state index in [0.29, 0.717) is 18.7 Å². The van der Waals surface area contributed by atoms with Crippen molar-refractivity contribution in [2.75, 3.05) is 24.5 Å². The van der Waals surface area contributed by atoms with E-state index in [-0.39, 0.29) is 17.5 Å². The standard InChI is InChI=1S/C17H18F3N3O/c18-17(19,20)15-6-5-13(9-12(15)10-21)22-7-1-3-14(11-22)23-8-2-4-16(23)24/h5-6,9,14H,1-4,7-8,11H2/t14-/m0/s1. The van der Waals surface area contributed by atoms with E-state index in [1.54, 1.807) is 6.07 Å². The molecule has 128 valence electrons. The minimum absolute atomic E-state index is 0.0987. The molecule has 0 spiro atoms.